The van der Waals surface area contributed by atoms with E-state index in [1.165, 1.54) is 33.3 Å². The van der Waals surface area contributed by atoms with Crippen molar-refractivity contribution in [3.05, 3.63) is 46.8 Å². The fourth-order valence-electron chi connectivity index (χ4n) is 4.30. The summed E-state index contributed by atoms with van der Waals surface area (Å²) in [5, 5.41) is 0. The maximum atomic E-state index is 13.2. The van der Waals surface area contributed by atoms with Crippen LogP contribution in [0.1, 0.15) is 65.6 Å². The number of carbonyl (C=O) groups excluding carboxylic acids is 1. The third-order valence-corrected chi connectivity index (χ3v) is 8.36. The summed E-state index contributed by atoms with van der Waals surface area (Å²) >= 11 is -3.69. The quantitative estimate of drug-likeness (QED) is 0.340. The first-order chi connectivity index (χ1) is 15.9. The van der Waals surface area contributed by atoms with Crippen molar-refractivity contribution in [1.29, 1.82) is 0 Å². The predicted molar refractivity (Wildman–Crippen MR) is 136 cm³/mol. The number of unbranched alkanes of at least 4 members (excludes halogenated alkanes) is 1. The van der Waals surface area contributed by atoms with Gasteiger partial charge >= 0.3 is 20.1 Å². The first-order valence-electron chi connectivity index (χ1n) is 11.7. The van der Waals surface area contributed by atoms with E-state index < -0.39 is 20.1 Å². The lowest BCUT2D eigenvalue weighted by Crippen LogP contribution is -2.49. The Morgan fingerprint density at radius 2 is 1.79 bits per heavy atom. The molecule has 4 rings (SSSR count). The second-order valence-electron chi connectivity index (χ2n) is 8.96. The fourth-order valence-corrected chi connectivity index (χ4v) is 5.70. The van der Waals surface area contributed by atoms with Gasteiger partial charge < -0.3 is 9.80 Å². The van der Waals surface area contributed by atoms with Gasteiger partial charge in [0.25, 0.3) is 5.91 Å². The number of piperazine rings is 1. The van der Waals surface area contributed by atoms with Gasteiger partial charge in [0.05, 0.1) is 5.56 Å². The average molecular weight is 565 g/mol. The lowest BCUT2D eigenvalue weighted by Gasteiger charge is -2.36. The largest absolute Gasteiger partial charge is 0.421 e. The summed E-state index contributed by atoms with van der Waals surface area (Å²) in [6.07, 6.45) is 7.76. The smallest absolute Gasteiger partial charge is 0.353 e. The van der Waals surface area contributed by atoms with Crippen LogP contribution >= 0.6 is 20.1 Å². The maximum Gasteiger partial charge on any atom is 0.421 e. The van der Waals surface area contributed by atoms with Crippen LogP contribution in [-0.4, -0.2) is 53.5 Å². The molecule has 8 nitrogen and oxygen atoms in total. The predicted octanol–water partition coefficient (Wildman–Crippen LogP) is 4.65. The number of nitrogens with zero attached hydrogens (tertiary/aromatic N) is 5. The van der Waals surface area contributed by atoms with Crippen LogP contribution in [0.15, 0.2) is 24.5 Å². The van der Waals surface area contributed by atoms with Gasteiger partial charge in [-0.05, 0) is 61.8 Å². The van der Waals surface area contributed by atoms with Crippen molar-refractivity contribution in [1.82, 2.24) is 14.9 Å². The summed E-state index contributed by atoms with van der Waals surface area (Å²) in [5.74, 6) is 2.06. The molecule has 1 saturated heterocycles. The monoisotopic (exact) mass is 565 g/mol. The standard InChI is InChI=1S/C24H32IN5O3/c1-4-5-8-30(25(32)33)22-14-17(2)21(16-26-22)24(31)29-11-9-28(10-12-29)23-18(3)13-20(15-27-23)19-6-7-19/h13-16,19H,4-12H2,1-3H3. The Hall–Kier alpha value is -2.30. The zero-order valence-electron chi connectivity index (χ0n) is 19.6. The Balaban J connectivity index is 1.41. The molecular formula is C24H32IN5O3. The number of hydrogen-bond acceptors (Lipinski definition) is 6. The van der Waals surface area contributed by atoms with Crippen molar-refractivity contribution >= 4 is 37.6 Å². The van der Waals surface area contributed by atoms with Crippen LogP contribution in [0.25, 0.3) is 0 Å². The molecule has 0 unspecified atom stereocenters. The van der Waals surface area contributed by atoms with Crippen molar-refractivity contribution in [2.24, 2.45) is 0 Å². The molecule has 33 heavy (non-hydrogen) atoms. The van der Waals surface area contributed by atoms with Gasteiger partial charge in [0.2, 0.25) is 0 Å². The number of aryl methyl sites for hydroxylation is 2. The van der Waals surface area contributed by atoms with Crippen LogP contribution in [0.2, 0.25) is 0 Å². The molecule has 0 spiro atoms. The van der Waals surface area contributed by atoms with Crippen LogP contribution in [0.3, 0.4) is 0 Å². The molecule has 2 fully saturated rings. The molecular weight excluding hydrogens is 533 g/mol. The van der Waals surface area contributed by atoms with Crippen molar-refractivity contribution in [3.63, 3.8) is 0 Å². The first kappa shape index (κ1) is 23.8. The normalized spacial score (nSPS) is 16.4. The molecule has 1 saturated carbocycles. The van der Waals surface area contributed by atoms with Gasteiger partial charge in [0, 0.05) is 45.1 Å². The Bertz CT molecular complexity index is 1080. The number of aromatic nitrogens is 2. The van der Waals surface area contributed by atoms with E-state index in [9.17, 15) is 10.9 Å². The van der Waals surface area contributed by atoms with Gasteiger partial charge in [-0.2, -0.15) is 0 Å². The molecule has 1 aliphatic carbocycles. The number of anilines is 2. The lowest BCUT2D eigenvalue weighted by atomic mass is 10.1. The zero-order chi connectivity index (χ0) is 23.5. The molecule has 0 atom stereocenters. The van der Waals surface area contributed by atoms with Gasteiger partial charge in [-0.15, -0.1) is 0 Å². The molecule has 0 radical (unpaired) electrons. The van der Waals surface area contributed by atoms with Gasteiger partial charge in [0.1, 0.15) is 11.6 Å². The van der Waals surface area contributed by atoms with E-state index >= 15 is 0 Å². The van der Waals surface area contributed by atoms with E-state index in [2.05, 4.69) is 22.9 Å². The summed E-state index contributed by atoms with van der Waals surface area (Å²) in [6, 6.07) is 3.98. The zero-order valence-corrected chi connectivity index (χ0v) is 21.7. The number of halogens is 1. The van der Waals surface area contributed by atoms with Crippen LogP contribution < -0.4 is 8.01 Å². The van der Waals surface area contributed by atoms with Gasteiger partial charge in [0.15, 0.2) is 0 Å². The number of pyridine rings is 2. The summed E-state index contributed by atoms with van der Waals surface area (Å²) < 4.78 is 24.9. The van der Waals surface area contributed by atoms with Gasteiger partial charge in [-0.3, -0.25) is 4.79 Å². The van der Waals surface area contributed by atoms with Gasteiger partial charge in [-0.25, -0.2) is 19.2 Å². The Labute approximate surface area is 202 Å². The Kier molecular flexibility index (Phi) is 7.45. The highest BCUT2D eigenvalue weighted by atomic mass is 127. The molecule has 2 aliphatic rings. The minimum atomic E-state index is -3.69. The molecule has 0 N–H and O–H groups in total. The third kappa shape index (κ3) is 5.44. The first-order valence-corrected chi connectivity index (χ1v) is 14.4. The van der Waals surface area contributed by atoms with Crippen molar-refractivity contribution in [2.45, 2.75) is 52.4 Å². The molecule has 0 bridgehead atoms. The SMILES string of the molecule is CCCCN(c1cc(C)c(C(=O)N2CCN(c3ncc(C4CC4)cc3C)CC2)cn1)I(=O)=O. The van der Waals surface area contributed by atoms with E-state index in [1.54, 1.807) is 6.07 Å². The van der Waals surface area contributed by atoms with Crippen molar-refractivity contribution in [3.8, 4) is 0 Å². The number of amides is 1. The topological polar surface area (TPSA) is 86.7 Å². The highest BCUT2D eigenvalue weighted by Gasteiger charge is 2.27. The lowest BCUT2D eigenvalue weighted by molar-refractivity contribution is 0.0745. The number of hydrogen-bond donors (Lipinski definition) is 0. The van der Waals surface area contributed by atoms with Crippen LogP contribution in [0, 0.1) is 13.8 Å². The molecule has 0 aromatic carbocycles. The summed E-state index contributed by atoms with van der Waals surface area (Å²) in [5.41, 5.74) is 3.82. The molecule has 3 heterocycles. The molecule has 2 aromatic rings. The fraction of sp³-hybridized carbons (Fsp3) is 0.542. The van der Waals surface area contributed by atoms with Crippen molar-refractivity contribution < 1.29 is 10.9 Å². The van der Waals surface area contributed by atoms with E-state index in [-0.39, 0.29) is 5.91 Å². The van der Waals surface area contributed by atoms with Crippen LogP contribution in [0.4, 0.5) is 11.6 Å². The molecule has 9 heteroatoms. The minimum Gasteiger partial charge on any atom is -0.353 e. The highest BCUT2D eigenvalue weighted by molar-refractivity contribution is 14.2. The maximum absolute atomic E-state index is 13.2. The molecule has 2 aromatic heterocycles. The van der Waals surface area contributed by atoms with E-state index in [0.717, 1.165) is 37.3 Å². The highest BCUT2D eigenvalue weighted by Crippen LogP contribution is 2.40. The second-order valence-corrected chi connectivity index (χ2v) is 11.3. The third-order valence-electron chi connectivity index (χ3n) is 6.44. The van der Waals surface area contributed by atoms with E-state index in [1.807, 2.05) is 24.9 Å². The number of rotatable bonds is 8. The van der Waals surface area contributed by atoms with E-state index in [4.69, 9.17) is 4.98 Å². The van der Waals surface area contributed by atoms with E-state index in [0.29, 0.717) is 36.9 Å². The van der Waals surface area contributed by atoms with Gasteiger partial charge in [-0.1, -0.05) is 19.4 Å². The summed E-state index contributed by atoms with van der Waals surface area (Å²) in [4.78, 5) is 26.3. The molecule has 178 valence electrons. The minimum absolute atomic E-state index is 0.0559. The summed E-state index contributed by atoms with van der Waals surface area (Å²) in [6.45, 7) is 9.11. The molecule has 1 amide bonds. The van der Waals surface area contributed by atoms with Crippen LogP contribution in [0.5, 0.6) is 0 Å². The number of carbonyl (C=O) groups is 1. The second kappa shape index (κ2) is 10.3. The van der Waals surface area contributed by atoms with Crippen LogP contribution in [-0.2, 0) is 6.14 Å². The average Bonchev–Trinajstić information content (AvgIpc) is 3.64. The van der Waals surface area contributed by atoms with Crippen molar-refractivity contribution in [2.75, 3.05) is 40.7 Å². The molecule has 1 aliphatic heterocycles. The Morgan fingerprint density at radius 3 is 2.36 bits per heavy atom. The Morgan fingerprint density at radius 1 is 1.06 bits per heavy atom. The summed E-state index contributed by atoms with van der Waals surface area (Å²) in [7, 11) is 0.